The number of thiazole rings is 1. The molecule has 0 aromatic carbocycles. The normalized spacial score (nSPS) is 18.2. The maximum Gasteiger partial charge on any atom is 0.223 e. The summed E-state index contributed by atoms with van der Waals surface area (Å²) in [5.74, 6) is 0.657. The molecule has 0 aliphatic carbocycles. The predicted octanol–water partition coefficient (Wildman–Crippen LogP) is 1.66. The van der Waals surface area contributed by atoms with Crippen molar-refractivity contribution in [1.29, 1.82) is 0 Å². The molecule has 1 amide bonds. The molecule has 0 saturated carbocycles. The standard InChI is InChI=1S/C13H21N3OS/c1-8-7-18-12(15-8)13(3,4)16-11(17)9(2)10-5-14-6-10/h7,9-10,14H,5-6H2,1-4H3,(H,16,17). The first-order valence-electron chi connectivity index (χ1n) is 6.35. The zero-order chi connectivity index (χ0) is 13.3. The van der Waals surface area contributed by atoms with Crippen molar-refractivity contribution in [2.75, 3.05) is 13.1 Å². The van der Waals surface area contributed by atoms with Crippen molar-refractivity contribution in [2.45, 2.75) is 33.2 Å². The van der Waals surface area contributed by atoms with E-state index in [1.807, 2.05) is 33.1 Å². The lowest BCUT2D eigenvalue weighted by atomic mass is 9.87. The molecule has 100 valence electrons. The molecule has 1 saturated heterocycles. The molecule has 2 heterocycles. The highest BCUT2D eigenvalue weighted by molar-refractivity contribution is 7.09. The number of hydrogen-bond acceptors (Lipinski definition) is 4. The fraction of sp³-hybridized carbons (Fsp3) is 0.692. The van der Waals surface area contributed by atoms with Gasteiger partial charge in [-0.1, -0.05) is 6.92 Å². The Hall–Kier alpha value is -0.940. The zero-order valence-corrected chi connectivity index (χ0v) is 12.2. The predicted molar refractivity (Wildman–Crippen MR) is 73.5 cm³/mol. The minimum absolute atomic E-state index is 0.0617. The smallest absolute Gasteiger partial charge is 0.223 e. The van der Waals surface area contributed by atoms with Crippen molar-refractivity contribution >= 4 is 17.2 Å². The van der Waals surface area contributed by atoms with Crippen molar-refractivity contribution in [3.05, 3.63) is 16.1 Å². The maximum absolute atomic E-state index is 12.2. The van der Waals surface area contributed by atoms with Crippen molar-refractivity contribution in [1.82, 2.24) is 15.6 Å². The van der Waals surface area contributed by atoms with E-state index >= 15 is 0 Å². The SMILES string of the molecule is Cc1csc(C(C)(C)NC(=O)C(C)C2CNC2)n1. The van der Waals surface area contributed by atoms with E-state index < -0.39 is 0 Å². The average molecular weight is 267 g/mol. The van der Waals surface area contributed by atoms with Crippen molar-refractivity contribution in [2.24, 2.45) is 11.8 Å². The molecule has 1 aromatic heterocycles. The first kappa shape index (κ1) is 13.5. The Morgan fingerprint density at radius 3 is 2.72 bits per heavy atom. The Morgan fingerprint density at radius 1 is 1.61 bits per heavy atom. The number of aromatic nitrogens is 1. The summed E-state index contributed by atoms with van der Waals surface area (Å²) < 4.78 is 0. The zero-order valence-electron chi connectivity index (χ0n) is 11.4. The number of hydrogen-bond donors (Lipinski definition) is 2. The molecular weight excluding hydrogens is 246 g/mol. The first-order chi connectivity index (χ1) is 8.40. The topological polar surface area (TPSA) is 54.0 Å². The van der Waals surface area contributed by atoms with Gasteiger partial charge in [0.2, 0.25) is 5.91 Å². The summed E-state index contributed by atoms with van der Waals surface area (Å²) in [7, 11) is 0. The molecule has 1 fully saturated rings. The van der Waals surface area contributed by atoms with Crippen molar-refractivity contribution in [3.8, 4) is 0 Å². The summed E-state index contributed by atoms with van der Waals surface area (Å²) in [5.41, 5.74) is 0.620. The van der Waals surface area contributed by atoms with Gasteiger partial charge in [-0.15, -0.1) is 11.3 Å². The molecule has 5 heteroatoms. The van der Waals surface area contributed by atoms with Crippen LogP contribution in [-0.2, 0) is 10.3 Å². The van der Waals surface area contributed by atoms with E-state index in [9.17, 15) is 4.79 Å². The molecule has 0 spiro atoms. The van der Waals surface area contributed by atoms with E-state index in [1.54, 1.807) is 11.3 Å². The molecule has 1 unspecified atom stereocenters. The van der Waals surface area contributed by atoms with Gasteiger partial charge in [0.25, 0.3) is 0 Å². The minimum atomic E-state index is -0.387. The maximum atomic E-state index is 12.2. The lowest BCUT2D eigenvalue weighted by Crippen LogP contribution is -2.52. The van der Waals surface area contributed by atoms with Crippen LogP contribution in [0.1, 0.15) is 31.5 Å². The van der Waals surface area contributed by atoms with Crippen LogP contribution in [0.4, 0.5) is 0 Å². The summed E-state index contributed by atoms with van der Waals surface area (Å²) in [5, 5.41) is 9.30. The lowest BCUT2D eigenvalue weighted by molar-refractivity contribution is -0.128. The number of rotatable bonds is 4. The van der Waals surface area contributed by atoms with E-state index in [0.29, 0.717) is 5.92 Å². The summed E-state index contributed by atoms with van der Waals surface area (Å²) in [6.07, 6.45) is 0. The quantitative estimate of drug-likeness (QED) is 0.872. The molecule has 0 radical (unpaired) electrons. The average Bonchev–Trinajstić information content (AvgIpc) is 2.62. The van der Waals surface area contributed by atoms with Crippen molar-refractivity contribution in [3.63, 3.8) is 0 Å². The van der Waals surface area contributed by atoms with Crippen LogP contribution in [0, 0.1) is 18.8 Å². The molecule has 2 N–H and O–H groups in total. The van der Waals surface area contributed by atoms with Crippen LogP contribution < -0.4 is 10.6 Å². The largest absolute Gasteiger partial charge is 0.344 e. The summed E-state index contributed by atoms with van der Waals surface area (Å²) >= 11 is 1.60. The van der Waals surface area contributed by atoms with E-state index in [-0.39, 0.29) is 17.4 Å². The number of carbonyl (C=O) groups excluding carboxylic acids is 1. The van der Waals surface area contributed by atoms with Gasteiger partial charge >= 0.3 is 0 Å². The molecular formula is C13H21N3OS. The number of aryl methyl sites for hydroxylation is 1. The third kappa shape index (κ3) is 2.72. The molecule has 2 rings (SSSR count). The lowest BCUT2D eigenvalue weighted by Gasteiger charge is -2.34. The molecule has 1 atom stereocenters. The Labute approximate surface area is 112 Å². The van der Waals surface area contributed by atoms with E-state index in [1.165, 1.54) is 0 Å². The van der Waals surface area contributed by atoms with E-state index in [4.69, 9.17) is 0 Å². The van der Waals surface area contributed by atoms with Crippen LogP contribution in [0.2, 0.25) is 0 Å². The van der Waals surface area contributed by atoms with Crippen LogP contribution in [0.15, 0.2) is 5.38 Å². The molecule has 0 bridgehead atoms. The van der Waals surface area contributed by atoms with Crippen molar-refractivity contribution < 1.29 is 4.79 Å². The summed E-state index contributed by atoms with van der Waals surface area (Å²) in [6, 6.07) is 0. The molecule has 4 nitrogen and oxygen atoms in total. The molecule has 1 aromatic rings. The highest BCUT2D eigenvalue weighted by Crippen LogP contribution is 2.25. The van der Waals surface area contributed by atoms with Crippen LogP contribution in [0.3, 0.4) is 0 Å². The Balaban J connectivity index is 2.00. The van der Waals surface area contributed by atoms with Crippen LogP contribution in [0.5, 0.6) is 0 Å². The van der Waals surface area contributed by atoms with Gasteiger partial charge < -0.3 is 10.6 Å². The van der Waals surface area contributed by atoms with Crippen LogP contribution in [-0.4, -0.2) is 24.0 Å². The van der Waals surface area contributed by atoms with E-state index in [2.05, 4.69) is 15.6 Å². The van der Waals surface area contributed by atoms with Crippen LogP contribution >= 0.6 is 11.3 Å². The third-order valence-corrected chi connectivity index (χ3v) is 4.81. The van der Waals surface area contributed by atoms with Gasteiger partial charge in [-0.2, -0.15) is 0 Å². The highest BCUT2D eigenvalue weighted by Gasteiger charge is 2.33. The van der Waals surface area contributed by atoms with Gasteiger partial charge in [-0.05, 0) is 39.8 Å². The van der Waals surface area contributed by atoms with Gasteiger partial charge in [0, 0.05) is 17.0 Å². The van der Waals surface area contributed by atoms with Gasteiger partial charge in [0.1, 0.15) is 5.01 Å². The second-order valence-corrected chi connectivity index (χ2v) is 6.47. The summed E-state index contributed by atoms with van der Waals surface area (Å²) in [6.45, 7) is 9.89. The minimum Gasteiger partial charge on any atom is -0.344 e. The second-order valence-electron chi connectivity index (χ2n) is 5.62. The number of nitrogens with zero attached hydrogens (tertiary/aromatic N) is 1. The Bertz CT molecular complexity index is 437. The van der Waals surface area contributed by atoms with Crippen LogP contribution in [0.25, 0.3) is 0 Å². The third-order valence-electron chi connectivity index (χ3n) is 3.52. The molecule has 18 heavy (non-hydrogen) atoms. The van der Waals surface area contributed by atoms with Gasteiger partial charge in [0.15, 0.2) is 0 Å². The number of carbonyl (C=O) groups is 1. The van der Waals surface area contributed by atoms with E-state index in [0.717, 1.165) is 23.8 Å². The van der Waals surface area contributed by atoms with Gasteiger partial charge in [-0.25, -0.2) is 4.98 Å². The Morgan fingerprint density at radius 2 is 2.28 bits per heavy atom. The number of nitrogens with one attached hydrogen (secondary N) is 2. The molecule has 1 aliphatic heterocycles. The summed E-state index contributed by atoms with van der Waals surface area (Å²) in [4.78, 5) is 16.7. The Kier molecular flexibility index (Phi) is 3.73. The highest BCUT2D eigenvalue weighted by atomic mass is 32.1. The molecule has 1 aliphatic rings. The number of amides is 1. The van der Waals surface area contributed by atoms with Gasteiger partial charge in [-0.3, -0.25) is 4.79 Å². The first-order valence-corrected chi connectivity index (χ1v) is 7.23. The fourth-order valence-corrected chi connectivity index (χ4v) is 2.87. The van der Waals surface area contributed by atoms with Gasteiger partial charge in [0.05, 0.1) is 5.54 Å². The fourth-order valence-electron chi connectivity index (χ4n) is 1.99. The second kappa shape index (κ2) is 4.97. The monoisotopic (exact) mass is 267 g/mol.